The third-order valence-corrected chi connectivity index (χ3v) is 3.34. The number of halogens is 1. The van der Waals surface area contributed by atoms with Crippen molar-refractivity contribution < 1.29 is 19.1 Å². The number of amides is 2. The Hall–Kier alpha value is -2.57. The number of urea groups is 1. The van der Waals surface area contributed by atoms with E-state index in [2.05, 4.69) is 10.6 Å². The fourth-order valence-corrected chi connectivity index (χ4v) is 2.19. The van der Waals surface area contributed by atoms with Crippen molar-refractivity contribution in [2.24, 2.45) is 0 Å². The molecule has 2 rings (SSSR count). The monoisotopic (exact) mass is 362 g/mol. The van der Waals surface area contributed by atoms with Crippen LogP contribution in [0, 0.1) is 0 Å². The van der Waals surface area contributed by atoms with E-state index in [1.165, 1.54) is 0 Å². The van der Waals surface area contributed by atoms with Crippen LogP contribution >= 0.6 is 11.6 Å². The smallest absolute Gasteiger partial charge is 0.338 e. The van der Waals surface area contributed by atoms with Gasteiger partial charge in [-0.25, -0.2) is 9.59 Å². The number of hydrogen-bond donors (Lipinski definition) is 2. The van der Waals surface area contributed by atoms with E-state index in [0.29, 0.717) is 35.2 Å². The molecule has 0 saturated carbocycles. The van der Waals surface area contributed by atoms with Gasteiger partial charge in [0.25, 0.3) is 0 Å². The van der Waals surface area contributed by atoms with Gasteiger partial charge in [-0.15, -0.1) is 0 Å². The fraction of sp³-hybridized carbons (Fsp3) is 0.222. The third-order valence-electron chi connectivity index (χ3n) is 3.10. The summed E-state index contributed by atoms with van der Waals surface area (Å²) in [6, 6.07) is 12.9. The van der Waals surface area contributed by atoms with Crippen molar-refractivity contribution in [1.82, 2.24) is 0 Å². The predicted molar refractivity (Wildman–Crippen MR) is 97.3 cm³/mol. The second-order valence-electron chi connectivity index (χ2n) is 5.00. The molecule has 0 heterocycles. The van der Waals surface area contributed by atoms with E-state index in [9.17, 15) is 9.59 Å². The lowest BCUT2D eigenvalue weighted by Crippen LogP contribution is -2.19. The lowest BCUT2D eigenvalue weighted by Gasteiger charge is -2.09. The zero-order chi connectivity index (χ0) is 18.1. The summed E-state index contributed by atoms with van der Waals surface area (Å²) < 4.78 is 10.2. The minimum absolute atomic E-state index is 0.180. The summed E-state index contributed by atoms with van der Waals surface area (Å²) in [5.74, 6) is -0.474. The second-order valence-corrected chi connectivity index (χ2v) is 5.44. The number of benzene rings is 2. The highest BCUT2D eigenvalue weighted by atomic mass is 35.5. The van der Waals surface area contributed by atoms with Crippen LogP contribution in [0.3, 0.4) is 0 Å². The quantitative estimate of drug-likeness (QED) is 0.572. The van der Waals surface area contributed by atoms with Crippen molar-refractivity contribution in [3.8, 4) is 0 Å². The number of esters is 1. The van der Waals surface area contributed by atoms with Crippen molar-refractivity contribution >= 4 is 35.0 Å². The predicted octanol–water partition coefficient (Wildman–Crippen LogP) is 4.18. The molecule has 0 aliphatic carbocycles. The molecule has 0 radical (unpaired) electrons. The Balaban J connectivity index is 1.91. The van der Waals surface area contributed by atoms with Gasteiger partial charge in [0.05, 0.1) is 12.2 Å². The standard InChI is InChI=1S/C18H19ClN2O4/c1-2-24-9-10-25-17(22)13-5-3-7-15(11-13)20-18(23)21-16-8-4-6-14(19)12-16/h3-8,11-12H,2,9-10H2,1H3,(H2,20,21,23). The molecule has 0 unspecified atom stereocenters. The molecule has 0 aliphatic heterocycles. The Morgan fingerprint density at radius 1 is 1.00 bits per heavy atom. The Kier molecular flexibility index (Phi) is 7.25. The molecule has 2 aromatic rings. The van der Waals surface area contributed by atoms with Gasteiger partial charge < -0.3 is 20.1 Å². The first-order valence-electron chi connectivity index (χ1n) is 7.77. The average molecular weight is 363 g/mol. The molecule has 0 fully saturated rings. The second kappa shape index (κ2) is 9.66. The molecule has 0 aliphatic rings. The molecular formula is C18H19ClN2O4. The summed E-state index contributed by atoms with van der Waals surface area (Å²) in [7, 11) is 0. The molecule has 0 spiro atoms. The van der Waals surface area contributed by atoms with Crippen LogP contribution in [0.1, 0.15) is 17.3 Å². The summed E-state index contributed by atoms with van der Waals surface area (Å²) in [6.45, 7) is 2.96. The summed E-state index contributed by atoms with van der Waals surface area (Å²) in [4.78, 5) is 24.0. The first kappa shape index (κ1) is 18.8. The van der Waals surface area contributed by atoms with E-state index < -0.39 is 12.0 Å². The highest BCUT2D eigenvalue weighted by Gasteiger charge is 2.09. The van der Waals surface area contributed by atoms with Gasteiger partial charge in [-0.05, 0) is 43.3 Å². The zero-order valence-corrected chi connectivity index (χ0v) is 14.5. The van der Waals surface area contributed by atoms with Crippen molar-refractivity contribution in [3.63, 3.8) is 0 Å². The lowest BCUT2D eigenvalue weighted by atomic mass is 10.2. The van der Waals surface area contributed by atoms with Gasteiger partial charge in [0.1, 0.15) is 6.61 Å². The van der Waals surface area contributed by atoms with Gasteiger partial charge in [0.15, 0.2) is 0 Å². The summed E-state index contributed by atoms with van der Waals surface area (Å²) in [5, 5.41) is 5.84. The van der Waals surface area contributed by atoms with Crippen molar-refractivity contribution in [2.45, 2.75) is 6.92 Å². The Labute approximate surface area is 151 Å². The van der Waals surface area contributed by atoms with Crippen molar-refractivity contribution in [1.29, 1.82) is 0 Å². The molecule has 0 saturated heterocycles. The molecule has 2 N–H and O–H groups in total. The van der Waals surface area contributed by atoms with Gasteiger partial charge in [-0.2, -0.15) is 0 Å². The summed E-state index contributed by atoms with van der Waals surface area (Å²) >= 11 is 5.87. The van der Waals surface area contributed by atoms with E-state index in [1.807, 2.05) is 6.92 Å². The molecule has 7 heteroatoms. The van der Waals surface area contributed by atoms with Gasteiger partial charge in [0, 0.05) is 23.0 Å². The molecular weight excluding hydrogens is 344 g/mol. The van der Waals surface area contributed by atoms with Gasteiger partial charge in [-0.1, -0.05) is 23.7 Å². The first-order valence-corrected chi connectivity index (χ1v) is 8.15. The van der Waals surface area contributed by atoms with Gasteiger partial charge in [0.2, 0.25) is 0 Å². The highest BCUT2D eigenvalue weighted by Crippen LogP contribution is 2.16. The van der Waals surface area contributed by atoms with Crippen LogP contribution in [-0.2, 0) is 9.47 Å². The maximum absolute atomic E-state index is 12.0. The summed E-state index contributed by atoms with van der Waals surface area (Å²) in [6.07, 6.45) is 0. The number of carbonyl (C=O) groups excluding carboxylic acids is 2. The zero-order valence-electron chi connectivity index (χ0n) is 13.8. The van der Waals surface area contributed by atoms with E-state index in [0.717, 1.165) is 0 Å². The molecule has 2 amide bonds. The maximum Gasteiger partial charge on any atom is 0.338 e. The third kappa shape index (κ3) is 6.45. The number of ether oxygens (including phenoxy) is 2. The Morgan fingerprint density at radius 3 is 2.36 bits per heavy atom. The van der Waals surface area contributed by atoms with E-state index in [1.54, 1.807) is 48.5 Å². The minimum Gasteiger partial charge on any atom is -0.460 e. The average Bonchev–Trinajstić information content (AvgIpc) is 2.58. The molecule has 0 bridgehead atoms. The number of carbonyl (C=O) groups is 2. The largest absolute Gasteiger partial charge is 0.460 e. The molecule has 132 valence electrons. The topological polar surface area (TPSA) is 76.7 Å². The van der Waals surface area contributed by atoms with Crippen LogP contribution in [-0.4, -0.2) is 31.8 Å². The highest BCUT2D eigenvalue weighted by molar-refractivity contribution is 6.30. The van der Waals surface area contributed by atoms with Crippen LogP contribution in [0.4, 0.5) is 16.2 Å². The lowest BCUT2D eigenvalue weighted by molar-refractivity contribution is 0.0335. The van der Waals surface area contributed by atoms with Crippen LogP contribution < -0.4 is 10.6 Å². The van der Waals surface area contributed by atoms with Crippen LogP contribution in [0.15, 0.2) is 48.5 Å². The van der Waals surface area contributed by atoms with Gasteiger partial charge in [-0.3, -0.25) is 0 Å². The molecule has 25 heavy (non-hydrogen) atoms. The van der Waals surface area contributed by atoms with Crippen LogP contribution in [0.2, 0.25) is 5.02 Å². The fourth-order valence-electron chi connectivity index (χ4n) is 2.00. The molecule has 2 aromatic carbocycles. The Morgan fingerprint density at radius 2 is 1.68 bits per heavy atom. The number of rotatable bonds is 7. The molecule has 6 nitrogen and oxygen atoms in total. The minimum atomic E-state index is -0.474. The number of nitrogens with one attached hydrogen (secondary N) is 2. The van der Waals surface area contributed by atoms with Crippen LogP contribution in [0.5, 0.6) is 0 Å². The first-order chi connectivity index (χ1) is 12.1. The van der Waals surface area contributed by atoms with Crippen molar-refractivity contribution in [3.05, 3.63) is 59.1 Å². The van der Waals surface area contributed by atoms with E-state index in [-0.39, 0.29) is 6.61 Å². The molecule has 0 aromatic heterocycles. The summed E-state index contributed by atoms with van der Waals surface area (Å²) in [5.41, 5.74) is 1.38. The maximum atomic E-state index is 12.0. The SMILES string of the molecule is CCOCCOC(=O)c1cccc(NC(=O)Nc2cccc(Cl)c2)c1. The van der Waals surface area contributed by atoms with E-state index >= 15 is 0 Å². The Bertz CT molecular complexity index is 737. The number of hydrogen-bond acceptors (Lipinski definition) is 4. The van der Waals surface area contributed by atoms with Gasteiger partial charge >= 0.3 is 12.0 Å². The molecule has 0 atom stereocenters. The van der Waals surface area contributed by atoms with Crippen LogP contribution in [0.25, 0.3) is 0 Å². The number of anilines is 2. The normalized spacial score (nSPS) is 10.2. The van der Waals surface area contributed by atoms with Crippen molar-refractivity contribution in [2.75, 3.05) is 30.5 Å². The van der Waals surface area contributed by atoms with E-state index in [4.69, 9.17) is 21.1 Å².